The van der Waals surface area contributed by atoms with Crippen LogP contribution >= 0.6 is 11.3 Å². The summed E-state index contributed by atoms with van der Waals surface area (Å²) < 4.78 is 27.2. The maximum absolute atomic E-state index is 12.7. The van der Waals surface area contributed by atoms with Crippen molar-refractivity contribution in [3.63, 3.8) is 0 Å². The van der Waals surface area contributed by atoms with E-state index >= 15 is 0 Å². The van der Waals surface area contributed by atoms with Gasteiger partial charge in [-0.2, -0.15) is 0 Å². The monoisotopic (exact) mass is 533 g/mol. The van der Waals surface area contributed by atoms with Gasteiger partial charge in [0.15, 0.2) is 5.13 Å². The number of pyridine rings is 1. The zero-order valence-electron chi connectivity index (χ0n) is 18.4. The van der Waals surface area contributed by atoms with E-state index in [2.05, 4.69) is 20.6 Å². The lowest BCUT2D eigenvalue weighted by atomic mass is 10.2. The van der Waals surface area contributed by atoms with Gasteiger partial charge in [0, 0.05) is 25.4 Å². The average Bonchev–Trinajstić information content (AvgIpc) is 3.24. The molecule has 13 nitrogen and oxygen atoms in total. The molecule has 0 unspecified atom stereocenters. The van der Waals surface area contributed by atoms with Gasteiger partial charge in [0.25, 0.3) is 5.91 Å². The molecule has 188 valence electrons. The van der Waals surface area contributed by atoms with Crippen molar-refractivity contribution >= 4 is 50.0 Å². The van der Waals surface area contributed by atoms with E-state index in [1.54, 1.807) is 24.5 Å². The predicted octanol–water partition coefficient (Wildman–Crippen LogP) is 1.81. The molecule has 0 bridgehead atoms. The number of para-hydroxylation sites is 1. The molecule has 36 heavy (non-hydrogen) atoms. The molecule has 0 atom stereocenters. The maximum atomic E-state index is 12.7. The first kappa shape index (κ1) is 26.4. The molecule has 3 rings (SSSR count). The molecule has 2 N–H and O–H groups in total. The minimum atomic E-state index is -2.97. The molecule has 0 aliphatic rings. The van der Waals surface area contributed by atoms with Gasteiger partial charge in [0.1, 0.15) is 22.1 Å². The summed E-state index contributed by atoms with van der Waals surface area (Å²) in [4.78, 5) is 55.1. The first-order valence-electron chi connectivity index (χ1n) is 10.3. The van der Waals surface area contributed by atoms with Crippen molar-refractivity contribution in [3.8, 4) is 5.75 Å². The second kappa shape index (κ2) is 12.5. The zero-order valence-corrected chi connectivity index (χ0v) is 20.1. The smallest absolute Gasteiger partial charge is 0.349 e. The summed E-state index contributed by atoms with van der Waals surface area (Å²) in [5, 5.41) is 15.5. The van der Waals surface area contributed by atoms with Crippen molar-refractivity contribution in [1.29, 1.82) is 0 Å². The molecule has 2 heterocycles. The summed E-state index contributed by atoms with van der Waals surface area (Å²) in [6.45, 7) is 0.279. The number of nitrogens with zero attached hydrogens (tertiary/aromatic N) is 3. The highest BCUT2D eigenvalue weighted by atomic mass is 32.2. The van der Waals surface area contributed by atoms with Crippen LogP contribution in [0.3, 0.4) is 0 Å². The van der Waals surface area contributed by atoms with E-state index in [1.807, 2.05) is 0 Å². The van der Waals surface area contributed by atoms with Gasteiger partial charge in [-0.1, -0.05) is 12.1 Å². The highest BCUT2D eigenvalue weighted by molar-refractivity contribution is 7.71. The second-order valence-corrected chi connectivity index (χ2v) is 9.03. The van der Waals surface area contributed by atoms with Crippen LogP contribution in [0.1, 0.15) is 34.5 Å². The Morgan fingerprint density at radius 2 is 1.81 bits per heavy atom. The van der Waals surface area contributed by atoms with E-state index in [9.17, 15) is 32.9 Å². The van der Waals surface area contributed by atoms with E-state index in [1.165, 1.54) is 24.3 Å². The van der Waals surface area contributed by atoms with Crippen LogP contribution in [-0.4, -0.2) is 41.1 Å². The zero-order chi connectivity index (χ0) is 26.1. The molecule has 0 saturated heterocycles. The molecule has 0 radical (unpaired) electrons. The number of ether oxygens (including phenoxy) is 1. The number of amides is 2. The molecule has 3 aromatic rings. The molecule has 15 heteroatoms. The fourth-order valence-electron chi connectivity index (χ4n) is 2.85. The highest BCUT2D eigenvalue weighted by Crippen LogP contribution is 2.31. The number of anilines is 1. The minimum absolute atomic E-state index is 0.0673. The Bertz CT molecular complexity index is 1350. The minimum Gasteiger partial charge on any atom is -0.426 e. The number of carbonyl (C=O) groups excluding carboxylic acids is 3. The summed E-state index contributed by atoms with van der Waals surface area (Å²) in [6, 6.07) is 9.25. The fraction of sp³-hybridized carbons (Fsp3) is 0.190. The van der Waals surface area contributed by atoms with Gasteiger partial charge in [-0.05, 0) is 41.2 Å². The van der Waals surface area contributed by atoms with Gasteiger partial charge in [0.05, 0.1) is 22.7 Å². The number of nitrogens with one attached hydrogen (secondary N) is 2. The van der Waals surface area contributed by atoms with E-state index < -0.39 is 38.3 Å². The molecular weight excluding hydrogens is 514 g/mol. The molecule has 0 saturated carbocycles. The number of hydrogen-bond donors (Lipinski definition) is 3. The van der Waals surface area contributed by atoms with Crippen LogP contribution in [0.4, 0.5) is 10.1 Å². The SMILES string of the molecule is O=C(CCC(=O)Oc1ccccc1C(=O)Nc1nc(C[SH](=O)=O)c([N+](=O)[O-])s1)NCc1ccncc1. The number of nitro groups is 1. The van der Waals surface area contributed by atoms with E-state index in [4.69, 9.17) is 4.74 Å². The number of aromatic nitrogens is 2. The lowest BCUT2D eigenvalue weighted by Gasteiger charge is -2.10. The molecule has 2 amide bonds. The largest absolute Gasteiger partial charge is 0.426 e. The molecule has 0 fully saturated rings. The Morgan fingerprint density at radius 1 is 1.08 bits per heavy atom. The third kappa shape index (κ3) is 7.64. The molecule has 0 aliphatic heterocycles. The van der Waals surface area contributed by atoms with Gasteiger partial charge < -0.3 is 10.1 Å². The molecule has 0 spiro atoms. The number of carbonyl (C=O) groups is 3. The lowest BCUT2D eigenvalue weighted by molar-refractivity contribution is -0.381. The lowest BCUT2D eigenvalue weighted by Crippen LogP contribution is -2.24. The molecule has 0 aliphatic carbocycles. The van der Waals surface area contributed by atoms with Crippen LogP contribution < -0.4 is 15.4 Å². The van der Waals surface area contributed by atoms with E-state index in [-0.39, 0.29) is 47.4 Å². The number of hydrogen-bond acceptors (Lipinski definition) is 11. The topological polar surface area (TPSA) is 188 Å². The number of benzene rings is 1. The summed E-state index contributed by atoms with van der Waals surface area (Å²) in [5.74, 6) is -2.64. The molecule has 1 aromatic carbocycles. The summed E-state index contributed by atoms with van der Waals surface area (Å²) in [7, 11) is -2.97. The Hall–Kier alpha value is -4.24. The van der Waals surface area contributed by atoms with Crippen molar-refractivity contribution in [2.75, 3.05) is 5.32 Å². The van der Waals surface area contributed by atoms with Gasteiger partial charge in [-0.25, -0.2) is 13.4 Å². The molecule has 2 aromatic heterocycles. The third-order valence-corrected chi connectivity index (χ3v) is 6.02. The Labute approximate surface area is 209 Å². The first-order chi connectivity index (χ1) is 17.2. The van der Waals surface area contributed by atoms with E-state index in [0.29, 0.717) is 11.3 Å². The number of esters is 1. The standard InChI is InChI=1S/C21H19N5O8S2/c27-17(23-11-13-7-9-22-10-8-13)5-6-18(28)34-16-4-2-1-3-14(16)19(29)25-21-24-15(12-36(32)33)20(35-21)26(30)31/h1-4,7-10,36H,5-6,11-12H2,(H,23,27)(H,24,25,29). The maximum Gasteiger partial charge on any atom is 0.349 e. The van der Waals surface area contributed by atoms with Crippen molar-refractivity contribution in [3.05, 3.63) is 75.7 Å². The number of thiazole rings is 1. The predicted molar refractivity (Wildman–Crippen MR) is 128 cm³/mol. The Balaban J connectivity index is 1.60. The van der Waals surface area contributed by atoms with Crippen LogP contribution in [0, 0.1) is 10.1 Å². The second-order valence-electron chi connectivity index (χ2n) is 7.08. The summed E-state index contributed by atoms with van der Waals surface area (Å²) >= 11 is 0.501. The Kier molecular flexibility index (Phi) is 9.13. The van der Waals surface area contributed by atoms with Crippen molar-refractivity contribution in [2.24, 2.45) is 0 Å². The van der Waals surface area contributed by atoms with Gasteiger partial charge in [0.2, 0.25) is 5.91 Å². The quantitative estimate of drug-likeness (QED) is 0.108. The number of rotatable bonds is 11. The summed E-state index contributed by atoms with van der Waals surface area (Å²) in [5.41, 5.74) is 0.487. The first-order valence-corrected chi connectivity index (χ1v) is 12.4. The third-order valence-electron chi connectivity index (χ3n) is 4.49. The van der Waals surface area contributed by atoms with Crippen molar-refractivity contribution < 1.29 is 32.5 Å². The van der Waals surface area contributed by atoms with Gasteiger partial charge in [-0.3, -0.25) is 34.8 Å². The fourth-order valence-corrected chi connectivity index (χ4v) is 4.22. The Morgan fingerprint density at radius 3 is 2.50 bits per heavy atom. The highest BCUT2D eigenvalue weighted by Gasteiger charge is 2.24. The van der Waals surface area contributed by atoms with Crippen LogP contribution in [0.15, 0.2) is 48.8 Å². The van der Waals surface area contributed by atoms with Gasteiger partial charge in [-0.15, -0.1) is 0 Å². The number of thiol groups is 1. The van der Waals surface area contributed by atoms with Crippen LogP contribution in [0.2, 0.25) is 0 Å². The summed E-state index contributed by atoms with van der Waals surface area (Å²) in [6.07, 6.45) is 2.81. The normalized spacial score (nSPS) is 10.6. The average molecular weight is 534 g/mol. The van der Waals surface area contributed by atoms with E-state index in [0.717, 1.165) is 5.56 Å². The van der Waals surface area contributed by atoms with Gasteiger partial charge >= 0.3 is 11.0 Å². The van der Waals surface area contributed by atoms with Crippen LogP contribution in [-0.2, 0) is 32.6 Å². The van der Waals surface area contributed by atoms with Crippen molar-refractivity contribution in [2.45, 2.75) is 25.1 Å². The van der Waals surface area contributed by atoms with Crippen LogP contribution in [0.5, 0.6) is 5.75 Å². The van der Waals surface area contributed by atoms with Crippen molar-refractivity contribution in [1.82, 2.24) is 15.3 Å². The molecular formula is C21H19N5O8S2. The van der Waals surface area contributed by atoms with Crippen LogP contribution in [0.25, 0.3) is 0 Å².